The molecule has 0 aromatic carbocycles. The number of ether oxygens (including phenoxy) is 1. The molecular formula is C15H26O. The molecular weight excluding hydrogens is 196 g/mol. The molecule has 0 aromatic rings. The molecule has 16 heavy (non-hydrogen) atoms. The van der Waals surface area contributed by atoms with Crippen molar-refractivity contribution >= 4 is 0 Å². The van der Waals surface area contributed by atoms with Gasteiger partial charge in [0.25, 0.3) is 0 Å². The SMILES string of the molecule is C=C(/C=C\C)O[C@H]1CC[C@H](C(C)(C)C)CC1. The Labute approximate surface area is 101 Å². The smallest absolute Gasteiger partial charge is 0.112 e. The fourth-order valence-corrected chi connectivity index (χ4v) is 2.49. The Kier molecular flexibility index (Phi) is 4.64. The van der Waals surface area contributed by atoms with Crippen molar-refractivity contribution in [3.63, 3.8) is 0 Å². The zero-order chi connectivity index (χ0) is 12.2. The molecule has 1 fully saturated rings. The van der Waals surface area contributed by atoms with Crippen LogP contribution in [0.15, 0.2) is 24.5 Å². The summed E-state index contributed by atoms with van der Waals surface area (Å²) in [7, 11) is 0. The highest BCUT2D eigenvalue weighted by Crippen LogP contribution is 2.38. The summed E-state index contributed by atoms with van der Waals surface area (Å²) in [4.78, 5) is 0. The summed E-state index contributed by atoms with van der Waals surface area (Å²) in [5.74, 6) is 1.66. The Morgan fingerprint density at radius 2 is 1.75 bits per heavy atom. The molecule has 0 aliphatic heterocycles. The lowest BCUT2D eigenvalue weighted by Crippen LogP contribution is -2.28. The molecule has 1 aliphatic carbocycles. The van der Waals surface area contributed by atoms with E-state index < -0.39 is 0 Å². The van der Waals surface area contributed by atoms with Gasteiger partial charge in [0.15, 0.2) is 0 Å². The van der Waals surface area contributed by atoms with Gasteiger partial charge in [-0.05, 0) is 50.0 Å². The van der Waals surface area contributed by atoms with Gasteiger partial charge in [0.2, 0.25) is 0 Å². The summed E-state index contributed by atoms with van der Waals surface area (Å²) in [6.45, 7) is 12.9. The number of hydrogen-bond donors (Lipinski definition) is 0. The summed E-state index contributed by atoms with van der Waals surface area (Å²) < 4.78 is 5.81. The van der Waals surface area contributed by atoms with Crippen molar-refractivity contribution in [1.82, 2.24) is 0 Å². The minimum atomic E-state index is 0.391. The summed E-state index contributed by atoms with van der Waals surface area (Å²) >= 11 is 0. The van der Waals surface area contributed by atoms with Crippen molar-refractivity contribution in [2.24, 2.45) is 11.3 Å². The van der Waals surface area contributed by atoms with Gasteiger partial charge in [-0.25, -0.2) is 0 Å². The first-order valence-corrected chi connectivity index (χ1v) is 6.41. The van der Waals surface area contributed by atoms with Crippen LogP contribution in [0.2, 0.25) is 0 Å². The summed E-state index contributed by atoms with van der Waals surface area (Å²) in [5, 5.41) is 0. The van der Waals surface area contributed by atoms with Crippen LogP contribution >= 0.6 is 0 Å². The van der Waals surface area contributed by atoms with Gasteiger partial charge in [-0.2, -0.15) is 0 Å². The minimum Gasteiger partial charge on any atom is -0.491 e. The van der Waals surface area contributed by atoms with Gasteiger partial charge < -0.3 is 4.74 Å². The van der Waals surface area contributed by atoms with Crippen molar-refractivity contribution in [3.05, 3.63) is 24.5 Å². The highest BCUT2D eigenvalue weighted by molar-refractivity contribution is 5.06. The molecule has 1 heteroatoms. The Morgan fingerprint density at radius 3 is 2.19 bits per heavy atom. The van der Waals surface area contributed by atoms with Crippen molar-refractivity contribution in [2.75, 3.05) is 0 Å². The van der Waals surface area contributed by atoms with Gasteiger partial charge in [0.1, 0.15) is 5.76 Å². The molecule has 0 heterocycles. The molecule has 1 saturated carbocycles. The van der Waals surface area contributed by atoms with Gasteiger partial charge in [-0.3, -0.25) is 0 Å². The van der Waals surface area contributed by atoms with Crippen molar-refractivity contribution < 1.29 is 4.74 Å². The summed E-state index contributed by atoms with van der Waals surface area (Å²) in [6.07, 6.45) is 9.24. The highest BCUT2D eigenvalue weighted by atomic mass is 16.5. The molecule has 92 valence electrons. The van der Waals surface area contributed by atoms with E-state index in [0.29, 0.717) is 11.5 Å². The lowest BCUT2D eigenvalue weighted by molar-refractivity contribution is 0.0494. The third kappa shape index (κ3) is 4.03. The largest absolute Gasteiger partial charge is 0.491 e. The second-order valence-corrected chi connectivity index (χ2v) is 5.92. The van der Waals surface area contributed by atoms with Crippen molar-refractivity contribution in [2.45, 2.75) is 59.5 Å². The predicted octanol–water partition coefficient (Wildman–Crippen LogP) is 4.70. The van der Waals surface area contributed by atoms with E-state index in [1.165, 1.54) is 25.7 Å². The van der Waals surface area contributed by atoms with E-state index in [1.807, 2.05) is 19.1 Å². The van der Waals surface area contributed by atoms with Gasteiger partial charge in [-0.1, -0.05) is 33.4 Å². The lowest BCUT2D eigenvalue weighted by Gasteiger charge is -2.37. The van der Waals surface area contributed by atoms with E-state index >= 15 is 0 Å². The Bertz CT molecular complexity index is 249. The minimum absolute atomic E-state index is 0.391. The topological polar surface area (TPSA) is 9.23 Å². The van der Waals surface area contributed by atoms with Crippen LogP contribution in [0.4, 0.5) is 0 Å². The van der Waals surface area contributed by atoms with E-state index in [4.69, 9.17) is 4.74 Å². The maximum atomic E-state index is 5.81. The molecule has 0 radical (unpaired) electrons. The maximum Gasteiger partial charge on any atom is 0.112 e. The summed E-state index contributed by atoms with van der Waals surface area (Å²) in [5.41, 5.74) is 0.450. The molecule has 0 N–H and O–H groups in total. The van der Waals surface area contributed by atoms with E-state index in [2.05, 4.69) is 27.4 Å². The van der Waals surface area contributed by atoms with Crippen LogP contribution in [-0.4, -0.2) is 6.10 Å². The quantitative estimate of drug-likeness (QED) is 0.497. The number of allylic oxidation sites excluding steroid dienone is 2. The van der Waals surface area contributed by atoms with E-state index in [0.717, 1.165) is 11.7 Å². The first-order chi connectivity index (χ1) is 7.43. The van der Waals surface area contributed by atoms with Gasteiger partial charge in [0, 0.05) is 0 Å². The lowest BCUT2D eigenvalue weighted by atomic mass is 9.72. The molecule has 0 spiro atoms. The maximum absolute atomic E-state index is 5.81. The van der Waals surface area contributed by atoms with Crippen LogP contribution in [-0.2, 0) is 4.74 Å². The Morgan fingerprint density at radius 1 is 1.19 bits per heavy atom. The average Bonchev–Trinajstić information content (AvgIpc) is 2.17. The van der Waals surface area contributed by atoms with Crippen molar-refractivity contribution in [3.8, 4) is 0 Å². The molecule has 1 aliphatic rings. The standard InChI is InChI=1S/C15H26O/c1-6-7-12(2)16-14-10-8-13(9-11-14)15(3,4)5/h6-7,13-14H,2,8-11H2,1,3-5H3/b7-6-/t13-,14-. The Hall–Kier alpha value is -0.720. The van der Waals surface area contributed by atoms with E-state index in [9.17, 15) is 0 Å². The van der Waals surface area contributed by atoms with Crippen molar-refractivity contribution in [1.29, 1.82) is 0 Å². The molecule has 0 saturated heterocycles. The molecule has 1 nitrogen and oxygen atoms in total. The highest BCUT2D eigenvalue weighted by Gasteiger charge is 2.30. The molecule has 0 aromatic heterocycles. The summed E-state index contributed by atoms with van der Waals surface area (Å²) in [6, 6.07) is 0. The monoisotopic (exact) mass is 222 g/mol. The molecule has 0 unspecified atom stereocenters. The zero-order valence-corrected chi connectivity index (χ0v) is 11.3. The third-order valence-corrected chi connectivity index (χ3v) is 3.57. The third-order valence-electron chi connectivity index (χ3n) is 3.57. The molecule has 1 rings (SSSR count). The van der Waals surface area contributed by atoms with Crippen LogP contribution in [0.5, 0.6) is 0 Å². The second-order valence-electron chi connectivity index (χ2n) is 5.92. The van der Waals surface area contributed by atoms with E-state index in [-0.39, 0.29) is 0 Å². The molecule has 0 bridgehead atoms. The van der Waals surface area contributed by atoms with Gasteiger partial charge in [-0.15, -0.1) is 0 Å². The number of hydrogen-bond acceptors (Lipinski definition) is 1. The van der Waals surface area contributed by atoms with Gasteiger partial charge >= 0.3 is 0 Å². The normalized spacial score (nSPS) is 27.0. The van der Waals surface area contributed by atoms with Gasteiger partial charge in [0.05, 0.1) is 6.10 Å². The average molecular weight is 222 g/mol. The Balaban J connectivity index is 2.35. The molecule has 0 amide bonds. The van der Waals surface area contributed by atoms with Crippen LogP contribution in [0, 0.1) is 11.3 Å². The predicted molar refractivity (Wildman–Crippen MR) is 70.2 cm³/mol. The fourth-order valence-electron chi connectivity index (χ4n) is 2.49. The first kappa shape index (κ1) is 13.3. The van der Waals surface area contributed by atoms with Crippen LogP contribution in [0.1, 0.15) is 53.4 Å². The molecule has 0 atom stereocenters. The zero-order valence-electron chi connectivity index (χ0n) is 11.3. The van der Waals surface area contributed by atoms with Crippen LogP contribution in [0.3, 0.4) is 0 Å². The van der Waals surface area contributed by atoms with E-state index in [1.54, 1.807) is 0 Å². The van der Waals surface area contributed by atoms with Crippen LogP contribution in [0.25, 0.3) is 0 Å². The van der Waals surface area contributed by atoms with Crippen LogP contribution < -0.4 is 0 Å². The fraction of sp³-hybridized carbons (Fsp3) is 0.733. The second kappa shape index (κ2) is 5.56. The first-order valence-electron chi connectivity index (χ1n) is 6.41. The number of rotatable bonds is 3.